The summed E-state index contributed by atoms with van der Waals surface area (Å²) in [5.41, 5.74) is 6.17. The van der Waals surface area contributed by atoms with Gasteiger partial charge in [-0.05, 0) is 49.1 Å². The summed E-state index contributed by atoms with van der Waals surface area (Å²) in [5.74, 6) is 4.32. The first-order valence-corrected chi connectivity index (χ1v) is 12.4. The molecular formula is C28H24F3N7O2. The van der Waals surface area contributed by atoms with Crippen molar-refractivity contribution in [3.63, 3.8) is 0 Å². The zero-order valence-electron chi connectivity index (χ0n) is 21.4. The SMILES string of the molecule is CC#CC(=O)N1CCC(c2nc(-c3ccc(CC(=O)Nc4ccccn4)cc3C(F)(F)F)n3c(N)nccc23)C1. The fourth-order valence-corrected chi connectivity index (χ4v) is 4.86. The Morgan fingerprint density at radius 2 is 1.98 bits per heavy atom. The number of carbonyl (C=O) groups is 2. The van der Waals surface area contributed by atoms with Crippen molar-refractivity contribution >= 4 is 29.1 Å². The number of imidazole rings is 1. The van der Waals surface area contributed by atoms with Gasteiger partial charge in [0, 0.05) is 37.0 Å². The summed E-state index contributed by atoms with van der Waals surface area (Å²) >= 11 is 0. The molecule has 0 spiro atoms. The molecule has 1 aliphatic heterocycles. The first-order valence-electron chi connectivity index (χ1n) is 12.4. The molecule has 4 heterocycles. The number of rotatable bonds is 5. The van der Waals surface area contributed by atoms with Crippen LogP contribution in [-0.2, 0) is 22.2 Å². The third-order valence-corrected chi connectivity index (χ3v) is 6.63. The number of halogens is 3. The molecule has 40 heavy (non-hydrogen) atoms. The van der Waals surface area contributed by atoms with Gasteiger partial charge in [-0.2, -0.15) is 13.2 Å². The van der Waals surface area contributed by atoms with E-state index in [0.717, 1.165) is 6.07 Å². The van der Waals surface area contributed by atoms with Gasteiger partial charge in [-0.1, -0.05) is 24.1 Å². The monoisotopic (exact) mass is 547 g/mol. The Labute approximate surface area is 227 Å². The average Bonchev–Trinajstić information content (AvgIpc) is 3.55. The van der Waals surface area contributed by atoms with Crippen LogP contribution in [0.4, 0.5) is 24.9 Å². The van der Waals surface area contributed by atoms with Crippen LogP contribution < -0.4 is 11.1 Å². The molecule has 2 amide bonds. The lowest BCUT2D eigenvalue weighted by Gasteiger charge is -2.14. The van der Waals surface area contributed by atoms with Gasteiger partial charge in [0.2, 0.25) is 11.9 Å². The van der Waals surface area contributed by atoms with E-state index < -0.39 is 17.6 Å². The van der Waals surface area contributed by atoms with Gasteiger partial charge in [0.05, 0.1) is 23.2 Å². The Morgan fingerprint density at radius 3 is 2.70 bits per heavy atom. The number of aromatic nitrogens is 4. The van der Waals surface area contributed by atoms with Gasteiger partial charge in [0.1, 0.15) is 11.6 Å². The van der Waals surface area contributed by atoms with Gasteiger partial charge in [0.15, 0.2) is 0 Å². The number of hydrogen-bond acceptors (Lipinski definition) is 6. The highest BCUT2D eigenvalue weighted by atomic mass is 19.4. The van der Waals surface area contributed by atoms with Crippen LogP contribution in [0.25, 0.3) is 16.9 Å². The van der Waals surface area contributed by atoms with Crippen LogP contribution in [0.15, 0.2) is 54.9 Å². The smallest absolute Gasteiger partial charge is 0.369 e. The molecule has 1 saturated heterocycles. The summed E-state index contributed by atoms with van der Waals surface area (Å²) in [6, 6.07) is 10.3. The second-order valence-corrected chi connectivity index (χ2v) is 9.27. The third-order valence-electron chi connectivity index (χ3n) is 6.63. The van der Waals surface area contributed by atoms with Gasteiger partial charge in [0.25, 0.3) is 5.91 Å². The quantitative estimate of drug-likeness (QED) is 0.366. The number of likely N-dealkylation sites (tertiary alicyclic amines) is 1. The minimum absolute atomic E-state index is 0.0226. The maximum atomic E-state index is 14.4. The standard InChI is InChI=1S/C28H24F3N7O2/c1-2-5-24(40)37-13-10-18(16-37)25-21-9-12-34-27(32)38(21)26(36-25)19-8-7-17(14-20(19)28(29,30)31)15-23(39)35-22-6-3-4-11-33-22/h3-4,6-9,11-12,14,18H,10,13,15-16H2,1H3,(H2,32,34)(H,33,35,39). The highest BCUT2D eigenvalue weighted by Gasteiger charge is 2.37. The number of carbonyl (C=O) groups excluding carboxylic acids is 2. The third kappa shape index (κ3) is 5.31. The first kappa shape index (κ1) is 26.7. The Balaban J connectivity index is 1.53. The number of benzene rings is 1. The molecule has 3 aromatic heterocycles. The molecular weight excluding hydrogens is 523 g/mol. The Bertz CT molecular complexity index is 1660. The number of nitrogens with two attached hydrogens (primary N) is 1. The van der Waals surface area contributed by atoms with E-state index in [9.17, 15) is 22.8 Å². The van der Waals surface area contributed by atoms with Crippen molar-refractivity contribution in [2.75, 3.05) is 24.1 Å². The molecule has 9 nitrogen and oxygen atoms in total. The van der Waals surface area contributed by atoms with Crippen LogP contribution in [-0.4, -0.2) is 49.2 Å². The van der Waals surface area contributed by atoms with Gasteiger partial charge in [-0.15, -0.1) is 0 Å². The maximum Gasteiger partial charge on any atom is 0.417 e. The highest BCUT2D eigenvalue weighted by molar-refractivity contribution is 5.93. The van der Waals surface area contributed by atoms with Gasteiger partial charge in [-0.25, -0.2) is 15.0 Å². The van der Waals surface area contributed by atoms with Gasteiger partial charge >= 0.3 is 6.18 Å². The summed E-state index contributed by atoms with van der Waals surface area (Å²) in [7, 11) is 0. The Kier molecular flexibility index (Phi) is 7.13. The van der Waals surface area contributed by atoms with Crippen molar-refractivity contribution in [3.8, 4) is 23.2 Å². The van der Waals surface area contributed by atoms with Crippen LogP contribution in [0.2, 0.25) is 0 Å². The van der Waals surface area contributed by atoms with Crippen LogP contribution in [0.3, 0.4) is 0 Å². The van der Waals surface area contributed by atoms with Crippen molar-refractivity contribution in [2.24, 2.45) is 0 Å². The van der Waals surface area contributed by atoms with Crippen molar-refractivity contribution in [2.45, 2.75) is 31.9 Å². The predicted octanol–water partition coefficient (Wildman–Crippen LogP) is 3.91. The number of nitrogen functional groups attached to an aromatic ring is 1. The summed E-state index contributed by atoms with van der Waals surface area (Å²) < 4.78 is 44.5. The van der Waals surface area contributed by atoms with Crippen molar-refractivity contribution in [1.82, 2.24) is 24.3 Å². The van der Waals surface area contributed by atoms with Gasteiger partial charge in [-0.3, -0.25) is 14.0 Å². The van der Waals surface area contributed by atoms with E-state index in [1.54, 1.807) is 36.1 Å². The fraction of sp³-hybridized carbons (Fsp3) is 0.250. The molecule has 5 rings (SSSR count). The van der Waals surface area contributed by atoms with E-state index >= 15 is 0 Å². The van der Waals surface area contributed by atoms with E-state index in [1.165, 1.54) is 28.9 Å². The molecule has 4 aromatic rings. The molecule has 12 heteroatoms. The largest absolute Gasteiger partial charge is 0.417 e. The van der Waals surface area contributed by atoms with E-state index in [4.69, 9.17) is 5.73 Å². The zero-order valence-corrected chi connectivity index (χ0v) is 21.4. The lowest BCUT2D eigenvalue weighted by atomic mass is 10.0. The molecule has 1 atom stereocenters. The number of nitrogens with zero attached hydrogens (tertiary/aromatic N) is 5. The number of amides is 2. The average molecular weight is 548 g/mol. The molecule has 1 fully saturated rings. The molecule has 1 aromatic carbocycles. The van der Waals surface area contributed by atoms with E-state index in [-0.39, 0.29) is 41.1 Å². The normalized spacial score (nSPS) is 15.1. The summed E-state index contributed by atoms with van der Waals surface area (Å²) in [4.78, 5) is 39.1. The summed E-state index contributed by atoms with van der Waals surface area (Å²) in [6.07, 6.45) is -1.50. The van der Waals surface area contributed by atoms with Crippen LogP contribution in [0.5, 0.6) is 0 Å². The number of pyridine rings is 1. The lowest BCUT2D eigenvalue weighted by molar-refractivity contribution is -0.137. The molecule has 3 N–H and O–H groups in total. The van der Waals surface area contributed by atoms with Crippen LogP contribution in [0, 0.1) is 11.8 Å². The van der Waals surface area contributed by atoms with E-state index in [0.29, 0.717) is 36.5 Å². The topological polar surface area (TPSA) is 119 Å². The first-order chi connectivity index (χ1) is 19.2. The molecule has 0 bridgehead atoms. The molecule has 1 aliphatic rings. The fourth-order valence-electron chi connectivity index (χ4n) is 4.86. The molecule has 0 saturated carbocycles. The number of nitrogens with one attached hydrogen (secondary N) is 1. The Hall–Kier alpha value is -4.92. The van der Waals surface area contributed by atoms with Crippen molar-refractivity contribution < 1.29 is 22.8 Å². The van der Waals surface area contributed by atoms with Crippen molar-refractivity contribution in [3.05, 3.63) is 71.7 Å². The highest BCUT2D eigenvalue weighted by Crippen LogP contribution is 2.40. The second-order valence-electron chi connectivity index (χ2n) is 9.27. The maximum absolute atomic E-state index is 14.4. The predicted molar refractivity (Wildman–Crippen MR) is 142 cm³/mol. The van der Waals surface area contributed by atoms with Crippen LogP contribution >= 0.6 is 0 Å². The molecule has 0 radical (unpaired) electrons. The zero-order chi connectivity index (χ0) is 28.4. The summed E-state index contributed by atoms with van der Waals surface area (Å²) in [6.45, 7) is 2.36. The second kappa shape index (κ2) is 10.7. The minimum atomic E-state index is -4.75. The molecule has 1 unspecified atom stereocenters. The van der Waals surface area contributed by atoms with Crippen molar-refractivity contribution in [1.29, 1.82) is 0 Å². The number of anilines is 2. The minimum Gasteiger partial charge on any atom is -0.369 e. The number of fused-ring (bicyclic) bond motifs is 1. The van der Waals surface area contributed by atoms with E-state index in [2.05, 4.69) is 32.1 Å². The van der Waals surface area contributed by atoms with Crippen LogP contribution in [0.1, 0.15) is 36.1 Å². The molecule has 204 valence electrons. The number of alkyl halides is 3. The summed E-state index contributed by atoms with van der Waals surface area (Å²) in [5, 5.41) is 2.57. The Morgan fingerprint density at radius 1 is 1.15 bits per heavy atom. The number of hydrogen-bond donors (Lipinski definition) is 2. The molecule has 0 aliphatic carbocycles. The van der Waals surface area contributed by atoms with Gasteiger partial charge < -0.3 is 16.0 Å². The van der Waals surface area contributed by atoms with E-state index in [1.807, 2.05) is 0 Å². The lowest BCUT2D eigenvalue weighted by Crippen LogP contribution is -2.26.